The third-order valence-electron chi connectivity index (χ3n) is 5.44. The Hall–Kier alpha value is -2.67. The predicted molar refractivity (Wildman–Crippen MR) is 118 cm³/mol. The fourth-order valence-corrected chi connectivity index (χ4v) is 5.08. The molecule has 1 aliphatic rings. The van der Waals surface area contributed by atoms with Gasteiger partial charge in [-0.15, -0.1) is 0 Å². The first-order valence-corrected chi connectivity index (χ1v) is 12.1. The second-order valence-corrected chi connectivity index (χ2v) is 9.92. The molecule has 160 valence electrons. The molecule has 1 N–H and O–H groups in total. The Morgan fingerprint density at radius 2 is 1.60 bits per heavy atom. The fourth-order valence-electron chi connectivity index (χ4n) is 3.80. The van der Waals surface area contributed by atoms with Crippen LogP contribution in [0.2, 0.25) is 0 Å². The minimum Gasteiger partial charge on any atom is -0.339 e. The Labute approximate surface area is 178 Å². The Balaban J connectivity index is 1.57. The number of rotatable bonds is 7. The lowest BCUT2D eigenvalue weighted by molar-refractivity contribution is -0.113. The van der Waals surface area contributed by atoms with Gasteiger partial charge in [0.05, 0.1) is 5.75 Å². The van der Waals surface area contributed by atoms with Crippen LogP contribution in [0.1, 0.15) is 48.0 Å². The van der Waals surface area contributed by atoms with E-state index in [2.05, 4.69) is 5.32 Å². The number of anilines is 1. The van der Waals surface area contributed by atoms with Crippen molar-refractivity contribution >= 4 is 27.3 Å². The molecular formula is C23H28N2O4S. The summed E-state index contributed by atoms with van der Waals surface area (Å²) in [6.45, 7) is 0. The minimum absolute atomic E-state index is 0.0430. The number of nitrogens with one attached hydrogen (secondary N) is 1. The van der Waals surface area contributed by atoms with Gasteiger partial charge in [-0.2, -0.15) is 0 Å². The van der Waals surface area contributed by atoms with Crippen molar-refractivity contribution in [1.82, 2.24) is 4.90 Å². The van der Waals surface area contributed by atoms with E-state index in [1.807, 2.05) is 13.1 Å². The van der Waals surface area contributed by atoms with E-state index in [0.29, 0.717) is 16.8 Å². The quantitative estimate of drug-likeness (QED) is 0.730. The lowest BCUT2D eigenvalue weighted by atomic mass is 9.94. The molecule has 6 nitrogen and oxygen atoms in total. The Bertz CT molecular complexity index is 966. The summed E-state index contributed by atoms with van der Waals surface area (Å²) >= 11 is 0. The van der Waals surface area contributed by atoms with Crippen LogP contribution in [-0.4, -0.2) is 44.0 Å². The van der Waals surface area contributed by atoms with Crippen molar-refractivity contribution in [3.8, 4) is 0 Å². The number of benzene rings is 2. The van der Waals surface area contributed by atoms with Crippen molar-refractivity contribution in [2.45, 2.75) is 43.9 Å². The number of para-hydroxylation sites is 1. The summed E-state index contributed by atoms with van der Waals surface area (Å²) in [5, 5.41) is 2.58. The van der Waals surface area contributed by atoms with Crippen molar-refractivity contribution in [2.75, 3.05) is 18.1 Å². The summed E-state index contributed by atoms with van der Waals surface area (Å²) in [7, 11) is -1.79. The molecule has 2 aromatic carbocycles. The number of amides is 2. The van der Waals surface area contributed by atoms with Crippen LogP contribution in [0.5, 0.6) is 0 Å². The fraction of sp³-hybridized carbons (Fsp3) is 0.391. The number of nitrogens with zero attached hydrogens (tertiary/aromatic N) is 1. The normalized spacial score (nSPS) is 14.8. The van der Waals surface area contributed by atoms with E-state index in [0.717, 1.165) is 25.7 Å². The maximum atomic E-state index is 12.7. The topological polar surface area (TPSA) is 83.6 Å². The molecule has 0 radical (unpaired) electrons. The van der Waals surface area contributed by atoms with Gasteiger partial charge in [0, 0.05) is 24.3 Å². The number of carbonyl (C=O) groups excluding carboxylic acids is 2. The van der Waals surface area contributed by atoms with Crippen LogP contribution < -0.4 is 5.32 Å². The van der Waals surface area contributed by atoms with Crippen LogP contribution >= 0.6 is 0 Å². The molecule has 2 aromatic rings. The Morgan fingerprint density at radius 1 is 0.967 bits per heavy atom. The second-order valence-electron chi connectivity index (χ2n) is 7.85. The molecule has 0 atom stereocenters. The average molecular weight is 429 g/mol. The van der Waals surface area contributed by atoms with E-state index >= 15 is 0 Å². The summed E-state index contributed by atoms with van der Waals surface area (Å²) < 4.78 is 24.8. The lowest BCUT2D eigenvalue weighted by Crippen LogP contribution is -2.38. The highest BCUT2D eigenvalue weighted by Crippen LogP contribution is 2.23. The highest BCUT2D eigenvalue weighted by atomic mass is 32.2. The van der Waals surface area contributed by atoms with E-state index in [9.17, 15) is 18.0 Å². The average Bonchev–Trinajstić information content (AvgIpc) is 2.74. The molecule has 0 aliphatic heterocycles. The van der Waals surface area contributed by atoms with Crippen molar-refractivity contribution < 1.29 is 18.0 Å². The zero-order valence-corrected chi connectivity index (χ0v) is 18.0. The molecule has 0 spiro atoms. The third kappa shape index (κ3) is 6.16. The van der Waals surface area contributed by atoms with E-state index in [1.54, 1.807) is 53.4 Å². The highest BCUT2D eigenvalue weighted by molar-refractivity contribution is 7.91. The molecule has 3 rings (SSSR count). The first-order valence-electron chi connectivity index (χ1n) is 10.3. The van der Waals surface area contributed by atoms with Crippen LogP contribution in [0.15, 0.2) is 54.6 Å². The molecule has 0 saturated heterocycles. The standard InChI is InChI=1S/C23H28N2O4S/c1-25(21-10-6-3-7-11-21)23(27)19-14-12-18(13-15-19)16-30(28,29)17-22(26)24-20-8-4-2-5-9-20/h2,4-5,8-9,12-15,21H,3,6-7,10-11,16-17H2,1H3,(H,24,26). The van der Waals surface area contributed by atoms with Crippen LogP contribution in [0.25, 0.3) is 0 Å². The van der Waals surface area contributed by atoms with Gasteiger partial charge in [0.1, 0.15) is 5.75 Å². The Morgan fingerprint density at radius 3 is 2.23 bits per heavy atom. The summed E-state index contributed by atoms with van der Waals surface area (Å²) in [4.78, 5) is 26.6. The zero-order chi connectivity index (χ0) is 21.6. The van der Waals surface area contributed by atoms with Gasteiger partial charge in [0.2, 0.25) is 5.91 Å². The van der Waals surface area contributed by atoms with Crippen molar-refractivity contribution in [3.63, 3.8) is 0 Å². The van der Waals surface area contributed by atoms with E-state index in [-0.39, 0.29) is 17.7 Å². The van der Waals surface area contributed by atoms with Crippen LogP contribution in [0.4, 0.5) is 5.69 Å². The van der Waals surface area contributed by atoms with Gasteiger partial charge in [0.15, 0.2) is 9.84 Å². The van der Waals surface area contributed by atoms with Crippen molar-refractivity contribution in [2.24, 2.45) is 0 Å². The molecule has 0 bridgehead atoms. The SMILES string of the molecule is CN(C(=O)c1ccc(CS(=O)(=O)CC(=O)Nc2ccccc2)cc1)C1CCCCC1. The van der Waals surface area contributed by atoms with Crippen LogP contribution in [0, 0.1) is 0 Å². The van der Waals surface area contributed by atoms with Gasteiger partial charge in [-0.25, -0.2) is 8.42 Å². The summed E-state index contributed by atoms with van der Waals surface area (Å²) in [6.07, 6.45) is 5.59. The van der Waals surface area contributed by atoms with E-state index in [4.69, 9.17) is 0 Å². The maximum Gasteiger partial charge on any atom is 0.253 e. The van der Waals surface area contributed by atoms with Crippen LogP contribution in [0.3, 0.4) is 0 Å². The van der Waals surface area contributed by atoms with Gasteiger partial charge in [-0.3, -0.25) is 9.59 Å². The maximum absolute atomic E-state index is 12.7. The molecule has 1 fully saturated rings. The lowest BCUT2D eigenvalue weighted by Gasteiger charge is -2.31. The summed E-state index contributed by atoms with van der Waals surface area (Å²) in [5.74, 6) is -1.45. The molecule has 30 heavy (non-hydrogen) atoms. The largest absolute Gasteiger partial charge is 0.339 e. The Kier molecular flexibility index (Phi) is 7.26. The van der Waals surface area contributed by atoms with Crippen molar-refractivity contribution in [1.29, 1.82) is 0 Å². The molecule has 0 heterocycles. The zero-order valence-electron chi connectivity index (χ0n) is 17.2. The molecule has 0 aromatic heterocycles. The monoisotopic (exact) mass is 428 g/mol. The number of carbonyl (C=O) groups is 2. The minimum atomic E-state index is -3.63. The molecule has 1 saturated carbocycles. The van der Waals surface area contributed by atoms with Gasteiger partial charge < -0.3 is 10.2 Å². The predicted octanol–water partition coefficient (Wildman–Crippen LogP) is 3.64. The number of hydrogen-bond donors (Lipinski definition) is 1. The summed E-state index contributed by atoms with van der Waals surface area (Å²) in [5.41, 5.74) is 1.66. The first-order chi connectivity index (χ1) is 14.3. The molecule has 2 amide bonds. The first kappa shape index (κ1) is 22.0. The summed E-state index contributed by atoms with van der Waals surface area (Å²) in [6, 6.07) is 15.6. The van der Waals surface area contributed by atoms with Crippen LogP contribution in [-0.2, 0) is 20.4 Å². The van der Waals surface area contributed by atoms with E-state index in [1.165, 1.54) is 6.42 Å². The van der Waals surface area contributed by atoms with Gasteiger partial charge in [0.25, 0.3) is 5.91 Å². The molecule has 0 unspecified atom stereocenters. The van der Waals surface area contributed by atoms with Gasteiger partial charge in [-0.1, -0.05) is 49.6 Å². The number of sulfone groups is 1. The molecule has 1 aliphatic carbocycles. The van der Waals surface area contributed by atoms with Gasteiger partial charge >= 0.3 is 0 Å². The third-order valence-corrected chi connectivity index (χ3v) is 6.91. The van der Waals surface area contributed by atoms with Crippen molar-refractivity contribution in [3.05, 3.63) is 65.7 Å². The molecular weight excluding hydrogens is 400 g/mol. The smallest absolute Gasteiger partial charge is 0.253 e. The van der Waals surface area contributed by atoms with Gasteiger partial charge in [-0.05, 0) is 42.7 Å². The molecule has 7 heteroatoms. The second kappa shape index (κ2) is 9.89. The van der Waals surface area contributed by atoms with E-state index < -0.39 is 21.5 Å². The highest BCUT2D eigenvalue weighted by Gasteiger charge is 2.23. The number of hydrogen-bond acceptors (Lipinski definition) is 4.